The van der Waals surface area contributed by atoms with Crippen LogP contribution in [0.4, 0.5) is 0 Å². The number of nitrogens with zero attached hydrogens (tertiary/aromatic N) is 2. The Morgan fingerprint density at radius 3 is 0.927 bits per heavy atom. The lowest BCUT2D eigenvalue weighted by Crippen LogP contribution is -1.97. The molecular formula is C37H38N2O2. The molecule has 0 atom stereocenters. The molecule has 41 heavy (non-hydrogen) atoms. The van der Waals surface area contributed by atoms with Crippen LogP contribution in [0.2, 0.25) is 0 Å². The zero-order valence-corrected chi connectivity index (χ0v) is 23.7. The zero-order valence-electron chi connectivity index (χ0n) is 23.7. The monoisotopic (exact) mass is 542 g/mol. The summed E-state index contributed by atoms with van der Waals surface area (Å²) in [4.78, 5) is 0. The number of nitriles is 2. The first-order chi connectivity index (χ1) is 20.2. The van der Waals surface area contributed by atoms with Crippen molar-refractivity contribution in [1.29, 1.82) is 10.5 Å². The molecule has 208 valence electrons. The Hall–Kier alpha value is -4.54. The Bertz CT molecular complexity index is 1280. The third kappa shape index (κ3) is 9.86. The molecule has 4 aromatic rings. The molecule has 0 fully saturated rings. The highest BCUT2D eigenvalue weighted by Gasteiger charge is 2.02. The predicted molar refractivity (Wildman–Crippen MR) is 166 cm³/mol. The van der Waals surface area contributed by atoms with Crippen molar-refractivity contribution >= 4 is 0 Å². The predicted octanol–water partition coefficient (Wildman–Crippen LogP) is 9.73. The highest BCUT2D eigenvalue weighted by molar-refractivity contribution is 5.65. The number of ether oxygens (including phenoxy) is 2. The second-order valence-electron chi connectivity index (χ2n) is 10.3. The van der Waals surface area contributed by atoms with Crippen LogP contribution in [-0.4, -0.2) is 13.2 Å². The van der Waals surface area contributed by atoms with Gasteiger partial charge in [0.25, 0.3) is 0 Å². The normalized spacial score (nSPS) is 10.5. The maximum absolute atomic E-state index is 8.94. The summed E-state index contributed by atoms with van der Waals surface area (Å²) in [5.41, 5.74) is 5.81. The fourth-order valence-electron chi connectivity index (χ4n) is 4.78. The molecule has 0 spiro atoms. The van der Waals surface area contributed by atoms with Crippen LogP contribution in [0.3, 0.4) is 0 Å². The topological polar surface area (TPSA) is 66.0 Å². The van der Waals surface area contributed by atoms with Gasteiger partial charge in [0, 0.05) is 0 Å². The van der Waals surface area contributed by atoms with Gasteiger partial charge in [0.15, 0.2) is 0 Å². The summed E-state index contributed by atoms with van der Waals surface area (Å²) in [5, 5.41) is 17.9. The fourth-order valence-corrected chi connectivity index (χ4v) is 4.78. The maximum atomic E-state index is 8.94. The van der Waals surface area contributed by atoms with Crippen molar-refractivity contribution in [1.82, 2.24) is 0 Å². The van der Waals surface area contributed by atoms with E-state index in [0.29, 0.717) is 11.1 Å². The molecule has 0 N–H and O–H groups in total. The standard InChI is InChI=1S/C37H38N2O2/c38-28-30-10-14-32(15-11-30)34-18-22-36(23-19-34)40-26-8-6-4-2-1-3-5-7-9-27-41-37-24-20-35(21-25-37)33-16-12-31(29-39)13-17-33/h10-25H,1-9,26-27H2. The minimum Gasteiger partial charge on any atom is -0.494 e. The molecule has 0 bridgehead atoms. The molecule has 0 unspecified atom stereocenters. The van der Waals surface area contributed by atoms with Gasteiger partial charge < -0.3 is 9.47 Å². The van der Waals surface area contributed by atoms with E-state index in [9.17, 15) is 0 Å². The average Bonchev–Trinajstić information content (AvgIpc) is 3.04. The summed E-state index contributed by atoms with van der Waals surface area (Å²) in [7, 11) is 0. The molecular weight excluding hydrogens is 504 g/mol. The smallest absolute Gasteiger partial charge is 0.119 e. The van der Waals surface area contributed by atoms with E-state index in [1.165, 1.54) is 44.9 Å². The second kappa shape index (κ2) is 16.5. The highest BCUT2D eigenvalue weighted by atomic mass is 16.5. The second-order valence-corrected chi connectivity index (χ2v) is 10.3. The largest absolute Gasteiger partial charge is 0.494 e. The first-order valence-electron chi connectivity index (χ1n) is 14.7. The summed E-state index contributed by atoms with van der Waals surface area (Å²) < 4.78 is 11.8. The number of hydrogen-bond donors (Lipinski definition) is 0. The van der Waals surface area contributed by atoms with Crippen LogP contribution < -0.4 is 9.47 Å². The highest BCUT2D eigenvalue weighted by Crippen LogP contribution is 2.24. The van der Waals surface area contributed by atoms with Crippen LogP contribution in [0.25, 0.3) is 22.3 Å². The van der Waals surface area contributed by atoms with Gasteiger partial charge in [-0.15, -0.1) is 0 Å². The molecule has 4 heteroatoms. The molecule has 0 heterocycles. The Morgan fingerprint density at radius 1 is 0.366 bits per heavy atom. The lowest BCUT2D eigenvalue weighted by Gasteiger charge is -2.08. The van der Waals surface area contributed by atoms with Gasteiger partial charge in [-0.2, -0.15) is 10.5 Å². The molecule has 0 aromatic heterocycles. The summed E-state index contributed by atoms with van der Waals surface area (Å²) >= 11 is 0. The fraction of sp³-hybridized carbons (Fsp3) is 0.297. The number of benzene rings is 4. The van der Waals surface area contributed by atoms with E-state index < -0.39 is 0 Å². The van der Waals surface area contributed by atoms with Gasteiger partial charge in [0.1, 0.15) is 11.5 Å². The zero-order chi connectivity index (χ0) is 28.5. The first kappa shape index (κ1) is 29.4. The summed E-state index contributed by atoms with van der Waals surface area (Å²) in [6.07, 6.45) is 11.0. The Balaban J connectivity index is 0.970. The molecule has 4 aromatic carbocycles. The number of unbranched alkanes of at least 4 members (excludes halogenated alkanes) is 8. The van der Waals surface area contributed by atoms with Gasteiger partial charge in [-0.3, -0.25) is 0 Å². The molecule has 0 aliphatic carbocycles. The lowest BCUT2D eigenvalue weighted by molar-refractivity contribution is 0.302. The molecule has 0 amide bonds. The molecule has 0 aliphatic rings. The van der Waals surface area contributed by atoms with Crippen molar-refractivity contribution in [2.45, 2.75) is 57.8 Å². The maximum Gasteiger partial charge on any atom is 0.119 e. The average molecular weight is 543 g/mol. The van der Waals surface area contributed by atoms with Crippen molar-refractivity contribution in [3.8, 4) is 45.9 Å². The molecule has 0 saturated heterocycles. The first-order valence-corrected chi connectivity index (χ1v) is 14.7. The van der Waals surface area contributed by atoms with E-state index in [-0.39, 0.29) is 0 Å². The summed E-state index contributed by atoms with van der Waals surface area (Å²) in [5.74, 6) is 1.82. The van der Waals surface area contributed by atoms with Gasteiger partial charge in [-0.05, 0) is 83.6 Å². The van der Waals surface area contributed by atoms with E-state index in [1.807, 2.05) is 72.8 Å². The molecule has 4 nitrogen and oxygen atoms in total. The number of hydrogen-bond acceptors (Lipinski definition) is 4. The van der Waals surface area contributed by atoms with Gasteiger partial charge in [-0.25, -0.2) is 0 Å². The van der Waals surface area contributed by atoms with E-state index >= 15 is 0 Å². The van der Waals surface area contributed by atoms with Crippen LogP contribution in [0, 0.1) is 22.7 Å². The molecule has 0 radical (unpaired) electrons. The van der Waals surface area contributed by atoms with Crippen LogP contribution in [0.15, 0.2) is 97.1 Å². The Kier molecular flexibility index (Phi) is 11.9. The van der Waals surface area contributed by atoms with Crippen molar-refractivity contribution < 1.29 is 9.47 Å². The quantitative estimate of drug-likeness (QED) is 0.132. The van der Waals surface area contributed by atoms with Crippen LogP contribution in [0.5, 0.6) is 11.5 Å². The van der Waals surface area contributed by atoms with E-state index in [1.54, 1.807) is 0 Å². The molecule has 0 aliphatic heterocycles. The molecule has 0 saturated carbocycles. The van der Waals surface area contributed by atoms with Gasteiger partial charge >= 0.3 is 0 Å². The SMILES string of the molecule is N#Cc1ccc(-c2ccc(OCCCCCCCCCCCOc3ccc(-c4ccc(C#N)cc4)cc3)cc2)cc1. The van der Waals surface area contributed by atoms with Gasteiger partial charge in [-0.1, -0.05) is 93.5 Å². The van der Waals surface area contributed by atoms with Crippen LogP contribution in [-0.2, 0) is 0 Å². The lowest BCUT2D eigenvalue weighted by atomic mass is 10.0. The Morgan fingerprint density at radius 2 is 0.634 bits per heavy atom. The van der Waals surface area contributed by atoms with Crippen molar-refractivity contribution in [2.75, 3.05) is 13.2 Å². The van der Waals surface area contributed by atoms with Crippen molar-refractivity contribution in [3.63, 3.8) is 0 Å². The van der Waals surface area contributed by atoms with E-state index in [2.05, 4.69) is 36.4 Å². The van der Waals surface area contributed by atoms with E-state index in [0.717, 1.165) is 59.8 Å². The molecule has 4 rings (SSSR count). The minimum absolute atomic E-state index is 0.677. The van der Waals surface area contributed by atoms with E-state index in [4.69, 9.17) is 20.0 Å². The third-order valence-electron chi connectivity index (χ3n) is 7.23. The summed E-state index contributed by atoms with van der Waals surface area (Å²) in [6.45, 7) is 1.52. The van der Waals surface area contributed by atoms with Crippen LogP contribution in [0.1, 0.15) is 68.9 Å². The van der Waals surface area contributed by atoms with Crippen molar-refractivity contribution in [2.24, 2.45) is 0 Å². The Labute approximate surface area is 244 Å². The van der Waals surface area contributed by atoms with Gasteiger partial charge in [0.05, 0.1) is 36.5 Å². The minimum atomic E-state index is 0.677. The third-order valence-corrected chi connectivity index (χ3v) is 7.23. The van der Waals surface area contributed by atoms with Crippen molar-refractivity contribution in [3.05, 3.63) is 108 Å². The van der Waals surface area contributed by atoms with Gasteiger partial charge in [0.2, 0.25) is 0 Å². The van der Waals surface area contributed by atoms with Crippen LogP contribution >= 0.6 is 0 Å². The summed E-state index contributed by atoms with van der Waals surface area (Å²) in [6, 6.07) is 36.0. The number of rotatable bonds is 16.